The van der Waals surface area contributed by atoms with Crippen LogP contribution in [0.4, 0.5) is 11.4 Å². The van der Waals surface area contributed by atoms with Crippen molar-refractivity contribution in [2.24, 2.45) is 0 Å². The van der Waals surface area contributed by atoms with Crippen LogP contribution in [0, 0.1) is 20.8 Å². The smallest absolute Gasteiger partial charge is 0.264 e. The monoisotopic (exact) mass is 514 g/mol. The van der Waals surface area contributed by atoms with Crippen molar-refractivity contribution in [1.29, 1.82) is 0 Å². The van der Waals surface area contributed by atoms with Crippen LogP contribution >= 0.6 is 0 Å². The fraction of sp³-hybridized carbons (Fsp3) is 0.167. The Morgan fingerprint density at radius 3 is 2.14 bits per heavy atom. The van der Waals surface area contributed by atoms with Gasteiger partial charge in [0.1, 0.15) is 18.9 Å². The first-order valence-corrected chi connectivity index (χ1v) is 13.4. The van der Waals surface area contributed by atoms with E-state index in [1.807, 2.05) is 57.2 Å². The molecule has 1 N–H and O–H groups in total. The Labute approximate surface area is 218 Å². The molecule has 6 nitrogen and oxygen atoms in total. The number of aryl methyl sites for hydroxylation is 3. The van der Waals surface area contributed by atoms with Gasteiger partial charge in [0.15, 0.2) is 0 Å². The van der Waals surface area contributed by atoms with Gasteiger partial charge in [-0.25, -0.2) is 8.42 Å². The summed E-state index contributed by atoms with van der Waals surface area (Å²) in [4.78, 5) is 13.2. The van der Waals surface area contributed by atoms with Crippen LogP contribution in [-0.4, -0.2) is 20.9 Å². The van der Waals surface area contributed by atoms with Gasteiger partial charge in [-0.2, -0.15) is 0 Å². The van der Waals surface area contributed by atoms with Crippen molar-refractivity contribution in [3.05, 3.63) is 119 Å². The van der Waals surface area contributed by atoms with Crippen molar-refractivity contribution in [3.63, 3.8) is 0 Å². The second-order valence-corrected chi connectivity index (χ2v) is 10.8. The molecule has 0 aliphatic heterocycles. The van der Waals surface area contributed by atoms with Crippen molar-refractivity contribution < 1.29 is 17.9 Å². The van der Waals surface area contributed by atoms with Crippen LogP contribution in [0.3, 0.4) is 0 Å². The fourth-order valence-electron chi connectivity index (χ4n) is 3.74. The zero-order valence-electron chi connectivity index (χ0n) is 21.1. The minimum absolute atomic E-state index is 0.129. The number of carbonyl (C=O) groups excluding carboxylic acids is 1. The van der Waals surface area contributed by atoms with E-state index in [-0.39, 0.29) is 11.4 Å². The lowest BCUT2D eigenvalue weighted by Crippen LogP contribution is -2.38. The molecule has 0 saturated heterocycles. The van der Waals surface area contributed by atoms with Gasteiger partial charge in [-0.05, 0) is 86.0 Å². The number of amides is 1. The Morgan fingerprint density at radius 2 is 1.49 bits per heavy atom. The van der Waals surface area contributed by atoms with Gasteiger partial charge in [0.05, 0.1) is 10.6 Å². The molecule has 0 bridgehead atoms. The van der Waals surface area contributed by atoms with E-state index in [0.717, 1.165) is 26.6 Å². The third kappa shape index (κ3) is 6.57. The molecule has 0 aliphatic rings. The molecule has 4 rings (SSSR count). The third-order valence-electron chi connectivity index (χ3n) is 6.06. The van der Waals surface area contributed by atoms with Crippen LogP contribution < -0.4 is 14.4 Å². The van der Waals surface area contributed by atoms with Gasteiger partial charge in [0, 0.05) is 5.69 Å². The van der Waals surface area contributed by atoms with Crippen LogP contribution in [0.15, 0.2) is 102 Å². The third-order valence-corrected chi connectivity index (χ3v) is 7.85. The quantitative estimate of drug-likeness (QED) is 0.296. The molecule has 0 saturated carbocycles. The fourth-order valence-corrected chi connectivity index (χ4v) is 5.15. The van der Waals surface area contributed by atoms with Crippen LogP contribution in [0.2, 0.25) is 0 Å². The van der Waals surface area contributed by atoms with Crippen molar-refractivity contribution >= 4 is 27.3 Å². The second-order valence-electron chi connectivity index (χ2n) is 8.94. The van der Waals surface area contributed by atoms with E-state index in [1.165, 1.54) is 0 Å². The Morgan fingerprint density at radius 1 is 0.811 bits per heavy atom. The summed E-state index contributed by atoms with van der Waals surface area (Å²) in [5.41, 5.74) is 4.96. The summed E-state index contributed by atoms with van der Waals surface area (Å²) in [5.74, 6) is 0.215. The zero-order valence-corrected chi connectivity index (χ0v) is 22.0. The Kier molecular flexibility index (Phi) is 7.94. The van der Waals surface area contributed by atoms with Gasteiger partial charge in [0.2, 0.25) is 5.91 Å². The van der Waals surface area contributed by atoms with Crippen molar-refractivity contribution in [2.45, 2.75) is 32.3 Å². The van der Waals surface area contributed by atoms with Gasteiger partial charge in [-0.15, -0.1) is 0 Å². The van der Waals surface area contributed by atoms with Gasteiger partial charge in [0.25, 0.3) is 10.0 Å². The number of hydrogen-bond acceptors (Lipinski definition) is 4. The molecule has 1 amide bonds. The molecule has 4 aromatic rings. The first-order valence-electron chi connectivity index (χ1n) is 12.0. The molecular weight excluding hydrogens is 484 g/mol. The van der Waals surface area contributed by atoms with Crippen molar-refractivity contribution in [2.75, 3.05) is 16.2 Å². The summed E-state index contributed by atoms with van der Waals surface area (Å²) >= 11 is 0. The molecule has 0 spiro atoms. The number of hydrogen-bond donors (Lipinski definition) is 1. The summed E-state index contributed by atoms with van der Waals surface area (Å²) in [6, 6.07) is 28.8. The highest BCUT2D eigenvalue weighted by atomic mass is 32.2. The zero-order chi connectivity index (χ0) is 26.4. The minimum atomic E-state index is -3.98. The average molecular weight is 515 g/mol. The molecule has 7 heteroatoms. The van der Waals surface area contributed by atoms with E-state index < -0.39 is 15.9 Å². The molecule has 4 aromatic carbocycles. The summed E-state index contributed by atoms with van der Waals surface area (Å²) in [6.45, 7) is 5.83. The van der Waals surface area contributed by atoms with E-state index in [0.29, 0.717) is 23.7 Å². The molecule has 190 valence electrons. The molecule has 0 aliphatic carbocycles. The largest absolute Gasteiger partial charge is 0.489 e. The maximum Gasteiger partial charge on any atom is 0.264 e. The lowest BCUT2D eigenvalue weighted by Gasteiger charge is -2.25. The number of carbonyl (C=O) groups is 1. The highest BCUT2D eigenvalue weighted by molar-refractivity contribution is 7.92. The predicted octanol–water partition coefficient (Wildman–Crippen LogP) is 6.02. The molecule has 0 unspecified atom stereocenters. The van der Waals surface area contributed by atoms with E-state index in [9.17, 15) is 13.2 Å². The number of sulfonamides is 1. The Hall–Kier alpha value is -4.10. The van der Waals surface area contributed by atoms with E-state index >= 15 is 0 Å². The summed E-state index contributed by atoms with van der Waals surface area (Å²) in [5, 5.41) is 2.80. The maximum absolute atomic E-state index is 13.6. The number of benzene rings is 4. The lowest BCUT2D eigenvalue weighted by molar-refractivity contribution is -0.114. The summed E-state index contributed by atoms with van der Waals surface area (Å²) in [7, 11) is -3.98. The first kappa shape index (κ1) is 26.0. The molecule has 0 atom stereocenters. The molecular formula is C30H30N2O4S. The predicted molar refractivity (Wildman–Crippen MR) is 147 cm³/mol. The number of rotatable bonds is 9. The highest BCUT2D eigenvalue weighted by Gasteiger charge is 2.27. The number of ether oxygens (including phenoxy) is 1. The molecule has 0 aromatic heterocycles. The van der Waals surface area contributed by atoms with Gasteiger partial charge < -0.3 is 10.1 Å². The van der Waals surface area contributed by atoms with E-state index in [2.05, 4.69) is 5.32 Å². The highest BCUT2D eigenvalue weighted by Crippen LogP contribution is 2.26. The minimum Gasteiger partial charge on any atom is -0.489 e. The maximum atomic E-state index is 13.6. The van der Waals surface area contributed by atoms with Gasteiger partial charge in [-0.3, -0.25) is 9.10 Å². The normalized spacial score (nSPS) is 11.1. The topological polar surface area (TPSA) is 75.7 Å². The van der Waals surface area contributed by atoms with Gasteiger partial charge >= 0.3 is 0 Å². The molecule has 0 radical (unpaired) electrons. The van der Waals surface area contributed by atoms with E-state index in [1.54, 1.807) is 60.7 Å². The summed E-state index contributed by atoms with van der Waals surface area (Å²) in [6.07, 6.45) is 0. The lowest BCUT2D eigenvalue weighted by atomic mass is 10.1. The molecule has 0 heterocycles. The summed E-state index contributed by atoms with van der Waals surface area (Å²) < 4.78 is 34.1. The van der Waals surface area contributed by atoms with Gasteiger partial charge in [-0.1, -0.05) is 54.1 Å². The first-order chi connectivity index (χ1) is 17.7. The number of nitrogens with zero attached hydrogens (tertiary/aromatic N) is 1. The number of nitrogens with one attached hydrogen (secondary N) is 1. The van der Waals surface area contributed by atoms with Crippen LogP contribution in [0.25, 0.3) is 0 Å². The molecule has 0 fully saturated rings. The SMILES string of the molecule is Cc1ccc(S(=O)(=O)N(CC(=O)Nc2ccc(OCc3ccccc3)cc2)c2ccc(C)c(C)c2)cc1. The van der Waals surface area contributed by atoms with Crippen molar-refractivity contribution in [3.8, 4) is 5.75 Å². The van der Waals surface area contributed by atoms with Crippen molar-refractivity contribution in [1.82, 2.24) is 0 Å². The molecule has 37 heavy (non-hydrogen) atoms. The average Bonchev–Trinajstić information content (AvgIpc) is 2.89. The van der Waals surface area contributed by atoms with E-state index in [4.69, 9.17) is 4.74 Å². The Balaban J connectivity index is 1.50. The number of anilines is 2. The van der Waals surface area contributed by atoms with Crippen LogP contribution in [0.1, 0.15) is 22.3 Å². The second kappa shape index (κ2) is 11.3. The van der Waals surface area contributed by atoms with Crippen LogP contribution in [-0.2, 0) is 21.4 Å². The Bertz CT molecular complexity index is 1470. The van der Waals surface area contributed by atoms with Crippen LogP contribution in [0.5, 0.6) is 5.75 Å². The standard InChI is InChI=1S/C30H30N2O4S/c1-22-9-17-29(18-10-22)37(34,35)32(27-14-11-23(2)24(3)19-27)20-30(33)31-26-12-15-28(16-13-26)36-21-25-7-5-4-6-8-25/h4-19H,20-21H2,1-3H3,(H,31,33).